The summed E-state index contributed by atoms with van der Waals surface area (Å²) in [6.07, 6.45) is 0. The van der Waals surface area contributed by atoms with Crippen LogP contribution in [0.15, 0.2) is 10.3 Å². The summed E-state index contributed by atoms with van der Waals surface area (Å²) < 4.78 is 0. The van der Waals surface area contributed by atoms with E-state index in [-0.39, 0.29) is 5.50 Å². The summed E-state index contributed by atoms with van der Waals surface area (Å²) in [7, 11) is 0. The van der Waals surface area contributed by atoms with Gasteiger partial charge in [-0.25, -0.2) is 5.53 Å². The van der Waals surface area contributed by atoms with Crippen molar-refractivity contribution in [2.24, 2.45) is 10.3 Å². The first kappa shape index (κ1) is 5.52. The predicted octanol–water partition coefficient (Wildman–Crippen LogP) is -0.332. The Morgan fingerprint density at radius 2 is 2.62 bits per heavy atom. The minimum Gasteiger partial charge on any atom is -0.291 e. The number of nitrogens with zero attached hydrogens (tertiary/aromatic N) is 2. The predicted molar refractivity (Wildman–Crippen MR) is 29.3 cm³/mol. The molecule has 1 rings (SSSR count). The van der Waals surface area contributed by atoms with E-state index in [0.29, 0.717) is 5.62 Å². The fourth-order valence-electron chi connectivity index (χ4n) is 0.308. The Hall–Kier alpha value is -0.620. The zero-order valence-electron chi connectivity index (χ0n) is 3.87. The third-order valence-corrected chi connectivity index (χ3v) is 1.17. The summed E-state index contributed by atoms with van der Waals surface area (Å²) in [5, 5.41) is 6.93. The molecule has 1 atom stereocenters. The molecule has 5 nitrogen and oxygen atoms in total. The average Bonchev–Trinajstić information content (AvgIpc) is 2.19. The van der Waals surface area contributed by atoms with E-state index in [2.05, 4.69) is 21.3 Å². The van der Waals surface area contributed by atoms with Gasteiger partial charge >= 0.3 is 0 Å². The van der Waals surface area contributed by atoms with Crippen LogP contribution in [0.3, 0.4) is 0 Å². The maximum atomic E-state index is 9.75. The zero-order valence-corrected chi connectivity index (χ0v) is 4.68. The first-order chi connectivity index (χ1) is 3.93. The smallest absolute Gasteiger partial charge is 0.194 e. The molecule has 0 aromatic rings. The van der Waals surface area contributed by atoms with Crippen molar-refractivity contribution in [3.8, 4) is 0 Å². The maximum absolute atomic E-state index is 9.75. The zero-order chi connectivity index (χ0) is 5.82. The van der Waals surface area contributed by atoms with Crippen molar-refractivity contribution < 1.29 is 4.79 Å². The van der Waals surface area contributed by atoms with E-state index in [1.165, 1.54) is 0 Å². The van der Waals surface area contributed by atoms with E-state index < -0.39 is 0 Å². The van der Waals surface area contributed by atoms with Gasteiger partial charge in [-0.1, -0.05) is 5.22 Å². The van der Waals surface area contributed by atoms with Crippen molar-refractivity contribution in [2.75, 3.05) is 0 Å². The number of hydrogen-bond donors (Lipinski definition) is 2. The molecule has 6 heteroatoms. The number of hydrogen-bond acceptors (Lipinski definition) is 6. The van der Waals surface area contributed by atoms with Crippen molar-refractivity contribution in [1.82, 2.24) is 11.0 Å². The molecule has 0 fully saturated rings. The maximum Gasteiger partial charge on any atom is 0.194 e. The number of hydrazine groups is 1. The molecule has 0 amide bonds. The second-order valence-corrected chi connectivity index (χ2v) is 1.97. The fraction of sp³-hybridized carbons (Fsp3) is 0.500. The van der Waals surface area contributed by atoms with Crippen molar-refractivity contribution in [3.63, 3.8) is 0 Å². The van der Waals surface area contributed by atoms with E-state index in [4.69, 9.17) is 0 Å². The Kier molecular flexibility index (Phi) is 1.81. The van der Waals surface area contributed by atoms with Crippen molar-refractivity contribution >= 4 is 17.4 Å². The molecule has 1 aliphatic rings. The molecule has 0 bridgehead atoms. The van der Waals surface area contributed by atoms with E-state index in [1.807, 2.05) is 0 Å². The Balaban J connectivity index is 2.25. The van der Waals surface area contributed by atoms with Crippen molar-refractivity contribution in [1.29, 1.82) is 0 Å². The molecule has 0 aromatic heterocycles. The Bertz CT molecular complexity index is 115. The van der Waals surface area contributed by atoms with Crippen LogP contribution in [0.25, 0.3) is 0 Å². The molecule has 0 saturated heterocycles. The van der Waals surface area contributed by atoms with E-state index in [0.717, 1.165) is 11.8 Å². The molecule has 8 heavy (non-hydrogen) atoms. The van der Waals surface area contributed by atoms with Crippen molar-refractivity contribution in [2.45, 2.75) is 5.50 Å². The van der Waals surface area contributed by atoms with Crippen LogP contribution in [0.4, 0.5) is 0 Å². The third-order valence-electron chi connectivity index (χ3n) is 0.585. The molecule has 0 saturated carbocycles. The van der Waals surface area contributed by atoms with Gasteiger partial charge in [0, 0.05) is 0 Å². The summed E-state index contributed by atoms with van der Waals surface area (Å²) >= 11 is 1.02. The van der Waals surface area contributed by atoms with Gasteiger partial charge in [-0.05, 0) is 11.8 Å². The van der Waals surface area contributed by atoms with Gasteiger partial charge in [-0.15, -0.1) is 5.11 Å². The lowest BCUT2D eigenvalue weighted by atomic mass is 11.2. The molecule has 0 spiro atoms. The highest BCUT2D eigenvalue weighted by Crippen LogP contribution is 2.06. The van der Waals surface area contributed by atoms with Crippen LogP contribution in [-0.4, -0.2) is 11.1 Å². The Morgan fingerprint density at radius 3 is 3.12 bits per heavy atom. The number of rotatable bonds is 2. The van der Waals surface area contributed by atoms with Gasteiger partial charge in [-0.2, -0.15) is 5.43 Å². The lowest BCUT2D eigenvalue weighted by molar-refractivity contribution is 0.569. The monoisotopic (exact) mass is 132 g/mol. The average molecular weight is 132 g/mol. The van der Waals surface area contributed by atoms with E-state index in [1.54, 1.807) is 0 Å². The van der Waals surface area contributed by atoms with Crippen LogP contribution < -0.4 is 11.0 Å². The molecule has 2 N–H and O–H groups in total. The SMILES string of the molecule is O=CSC1N=NNN1. The van der Waals surface area contributed by atoms with Gasteiger partial charge < -0.3 is 0 Å². The second kappa shape index (κ2) is 2.63. The molecule has 0 aliphatic carbocycles. The van der Waals surface area contributed by atoms with Gasteiger partial charge in [0.1, 0.15) is 0 Å². The molecule has 1 unspecified atom stereocenters. The quantitative estimate of drug-likeness (QED) is 0.505. The molecular formula is C2H4N4OS. The lowest BCUT2D eigenvalue weighted by Gasteiger charge is -1.95. The molecule has 0 aromatic carbocycles. The summed E-state index contributed by atoms with van der Waals surface area (Å²) in [6.45, 7) is 0. The second-order valence-electron chi connectivity index (χ2n) is 1.06. The first-order valence-corrected chi connectivity index (χ1v) is 2.87. The van der Waals surface area contributed by atoms with Crippen LogP contribution in [0.2, 0.25) is 0 Å². The lowest BCUT2D eigenvalue weighted by Crippen LogP contribution is -2.27. The minimum absolute atomic E-state index is 0.243. The summed E-state index contributed by atoms with van der Waals surface area (Å²) in [5.74, 6) is 0. The largest absolute Gasteiger partial charge is 0.291 e. The summed E-state index contributed by atoms with van der Waals surface area (Å²) in [6, 6.07) is 0. The normalized spacial score (nSPS) is 25.2. The molecular weight excluding hydrogens is 128 g/mol. The highest BCUT2D eigenvalue weighted by Gasteiger charge is 2.08. The van der Waals surface area contributed by atoms with Gasteiger partial charge in [0.05, 0.1) is 0 Å². The first-order valence-electron chi connectivity index (χ1n) is 1.93. The topological polar surface area (TPSA) is 65.8 Å². The fourth-order valence-corrected chi connectivity index (χ4v) is 0.636. The van der Waals surface area contributed by atoms with Crippen molar-refractivity contribution in [3.05, 3.63) is 0 Å². The third kappa shape index (κ3) is 1.17. The van der Waals surface area contributed by atoms with Crippen LogP contribution in [0.1, 0.15) is 0 Å². The van der Waals surface area contributed by atoms with Crippen LogP contribution in [-0.2, 0) is 4.79 Å². The standard InChI is InChI=1S/C2H4N4OS/c7-1-8-2-3-5-6-4-2/h1-2H,(H,3,6)(H,4,5). The van der Waals surface area contributed by atoms with Gasteiger partial charge in [0.15, 0.2) is 11.1 Å². The molecule has 0 radical (unpaired) electrons. The van der Waals surface area contributed by atoms with Crippen LogP contribution in [0, 0.1) is 0 Å². The number of thioether (sulfide) groups is 1. The number of nitrogens with one attached hydrogen (secondary N) is 2. The highest BCUT2D eigenvalue weighted by atomic mass is 32.2. The van der Waals surface area contributed by atoms with Crippen LogP contribution >= 0.6 is 11.8 Å². The Labute approximate surface area is 49.9 Å². The number of carbonyl (C=O) groups excluding carboxylic acids is 1. The van der Waals surface area contributed by atoms with E-state index >= 15 is 0 Å². The molecule has 44 valence electrons. The van der Waals surface area contributed by atoms with Crippen LogP contribution in [0.5, 0.6) is 0 Å². The summed E-state index contributed by atoms with van der Waals surface area (Å²) in [4.78, 5) is 9.75. The molecule has 1 aliphatic heterocycles. The highest BCUT2D eigenvalue weighted by molar-refractivity contribution is 8.12. The molecule has 1 heterocycles. The van der Waals surface area contributed by atoms with Gasteiger partial charge in [0.25, 0.3) is 0 Å². The van der Waals surface area contributed by atoms with Gasteiger partial charge in [-0.3, -0.25) is 4.79 Å². The Morgan fingerprint density at radius 1 is 1.75 bits per heavy atom. The van der Waals surface area contributed by atoms with Gasteiger partial charge in [0.2, 0.25) is 0 Å². The minimum atomic E-state index is -0.243. The number of carbonyl (C=O) groups is 1. The van der Waals surface area contributed by atoms with E-state index in [9.17, 15) is 4.79 Å². The summed E-state index contributed by atoms with van der Waals surface area (Å²) in [5.41, 5.74) is 5.46.